The standard InChI is InChI=1S/C10H15ClN2O4S2/c1-18(14,15)12-7-8-13(19(2,16)17)10-5-3-9(11)4-6-10/h3-6,12H,7-8H2,1-2H3. The Balaban J connectivity index is 2.88. The van der Waals surface area contributed by atoms with E-state index in [1.54, 1.807) is 24.3 Å². The Morgan fingerprint density at radius 2 is 1.63 bits per heavy atom. The first kappa shape index (κ1) is 16.2. The first-order valence-corrected chi connectivity index (χ1v) is 9.39. The van der Waals surface area contributed by atoms with E-state index < -0.39 is 20.0 Å². The van der Waals surface area contributed by atoms with Crippen LogP contribution in [0.15, 0.2) is 24.3 Å². The summed E-state index contributed by atoms with van der Waals surface area (Å²) < 4.78 is 48.6. The average Bonchev–Trinajstić information content (AvgIpc) is 2.23. The number of halogens is 1. The SMILES string of the molecule is CS(=O)(=O)NCCN(c1ccc(Cl)cc1)S(C)(=O)=O. The summed E-state index contributed by atoms with van der Waals surface area (Å²) in [5, 5.41) is 0.492. The predicted octanol–water partition coefficient (Wildman–Crippen LogP) is 0.655. The van der Waals surface area contributed by atoms with Crippen LogP contribution >= 0.6 is 11.6 Å². The van der Waals surface area contributed by atoms with Gasteiger partial charge in [-0.25, -0.2) is 21.6 Å². The highest BCUT2D eigenvalue weighted by atomic mass is 35.5. The van der Waals surface area contributed by atoms with Gasteiger partial charge in [0.15, 0.2) is 0 Å². The molecular weight excluding hydrogens is 312 g/mol. The molecule has 0 spiro atoms. The molecule has 19 heavy (non-hydrogen) atoms. The lowest BCUT2D eigenvalue weighted by atomic mass is 10.3. The van der Waals surface area contributed by atoms with Crippen LogP contribution in [-0.4, -0.2) is 42.4 Å². The van der Waals surface area contributed by atoms with Gasteiger partial charge in [-0.2, -0.15) is 0 Å². The van der Waals surface area contributed by atoms with Crippen molar-refractivity contribution in [1.82, 2.24) is 4.72 Å². The number of hydrogen-bond donors (Lipinski definition) is 1. The fourth-order valence-corrected chi connectivity index (χ4v) is 2.94. The van der Waals surface area contributed by atoms with Gasteiger partial charge >= 0.3 is 0 Å². The molecule has 1 N–H and O–H groups in total. The van der Waals surface area contributed by atoms with E-state index in [4.69, 9.17) is 11.6 Å². The Morgan fingerprint density at radius 1 is 1.11 bits per heavy atom. The van der Waals surface area contributed by atoms with Crippen molar-refractivity contribution in [3.8, 4) is 0 Å². The molecule has 0 radical (unpaired) electrons. The van der Waals surface area contributed by atoms with Gasteiger partial charge in [0.1, 0.15) is 0 Å². The fourth-order valence-electron chi connectivity index (χ4n) is 1.43. The molecule has 0 aliphatic heterocycles. The summed E-state index contributed by atoms with van der Waals surface area (Å²) in [7, 11) is -6.84. The van der Waals surface area contributed by atoms with Crippen molar-refractivity contribution < 1.29 is 16.8 Å². The number of anilines is 1. The van der Waals surface area contributed by atoms with E-state index >= 15 is 0 Å². The summed E-state index contributed by atoms with van der Waals surface area (Å²) in [5.74, 6) is 0. The second-order valence-electron chi connectivity index (χ2n) is 3.98. The molecule has 0 amide bonds. The van der Waals surface area contributed by atoms with Crippen LogP contribution in [-0.2, 0) is 20.0 Å². The van der Waals surface area contributed by atoms with Gasteiger partial charge in [-0.15, -0.1) is 0 Å². The van der Waals surface area contributed by atoms with Gasteiger partial charge in [-0.1, -0.05) is 11.6 Å². The first-order valence-electron chi connectivity index (χ1n) is 5.27. The monoisotopic (exact) mass is 326 g/mol. The number of benzene rings is 1. The largest absolute Gasteiger partial charge is 0.269 e. The van der Waals surface area contributed by atoms with E-state index in [1.165, 1.54) is 0 Å². The molecular formula is C10H15ClN2O4S2. The Bertz CT molecular complexity index is 626. The van der Waals surface area contributed by atoms with E-state index in [1.807, 2.05) is 0 Å². The van der Waals surface area contributed by atoms with E-state index in [0.29, 0.717) is 10.7 Å². The van der Waals surface area contributed by atoms with E-state index in [0.717, 1.165) is 16.8 Å². The van der Waals surface area contributed by atoms with Crippen LogP contribution in [0.5, 0.6) is 0 Å². The lowest BCUT2D eigenvalue weighted by molar-refractivity contribution is 0.583. The third-order valence-corrected chi connectivity index (χ3v) is 4.37. The highest BCUT2D eigenvalue weighted by Crippen LogP contribution is 2.19. The van der Waals surface area contributed by atoms with Crippen LogP contribution in [0.25, 0.3) is 0 Å². The maximum atomic E-state index is 11.7. The summed E-state index contributed by atoms with van der Waals surface area (Å²) in [6.45, 7) is 0.00205. The smallest absolute Gasteiger partial charge is 0.232 e. The van der Waals surface area contributed by atoms with Crippen LogP contribution in [0.2, 0.25) is 5.02 Å². The normalized spacial score (nSPS) is 12.4. The molecule has 6 nitrogen and oxygen atoms in total. The molecule has 0 unspecified atom stereocenters. The topological polar surface area (TPSA) is 83.6 Å². The molecule has 0 saturated heterocycles. The Labute approximate surface area is 118 Å². The van der Waals surface area contributed by atoms with Gasteiger partial charge in [-0.05, 0) is 24.3 Å². The van der Waals surface area contributed by atoms with Crippen molar-refractivity contribution in [2.24, 2.45) is 0 Å². The maximum absolute atomic E-state index is 11.7. The molecule has 0 heterocycles. The second-order valence-corrected chi connectivity index (χ2v) is 8.15. The molecule has 0 bridgehead atoms. The van der Waals surface area contributed by atoms with Crippen molar-refractivity contribution in [2.75, 3.05) is 29.9 Å². The first-order chi connectivity index (χ1) is 8.59. The van der Waals surface area contributed by atoms with Crippen molar-refractivity contribution in [2.45, 2.75) is 0 Å². The van der Waals surface area contributed by atoms with E-state index in [-0.39, 0.29) is 13.1 Å². The van der Waals surface area contributed by atoms with E-state index in [9.17, 15) is 16.8 Å². The van der Waals surface area contributed by atoms with Crippen LogP contribution in [0.3, 0.4) is 0 Å². The van der Waals surface area contributed by atoms with Gasteiger partial charge < -0.3 is 0 Å². The lowest BCUT2D eigenvalue weighted by Crippen LogP contribution is -2.37. The van der Waals surface area contributed by atoms with Crippen LogP contribution in [0.4, 0.5) is 5.69 Å². The highest BCUT2D eigenvalue weighted by Gasteiger charge is 2.17. The van der Waals surface area contributed by atoms with E-state index in [2.05, 4.69) is 4.72 Å². The molecule has 1 rings (SSSR count). The maximum Gasteiger partial charge on any atom is 0.232 e. The summed E-state index contributed by atoms with van der Waals surface area (Å²) >= 11 is 5.74. The van der Waals surface area contributed by atoms with Crippen LogP contribution < -0.4 is 9.03 Å². The highest BCUT2D eigenvalue weighted by molar-refractivity contribution is 7.92. The van der Waals surface area contributed by atoms with Gasteiger partial charge in [-0.3, -0.25) is 4.31 Å². The lowest BCUT2D eigenvalue weighted by Gasteiger charge is -2.22. The van der Waals surface area contributed by atoms with Gasteiger partial charge in [0.25, 0.3) is 0 Å². The second kappa shape index (κ2) is 6.08. The van der Waals surface area contributed by atoms with Crippen molar-refractivity contribution in [3.05, 3.63) is 29.3 Å². The number of hydrogen-bond acceptors (Lipinski definition) is 4. The van der Waals surface area contributed by atoms with Crippen molar-refractivity contribution in [1.29, 1.82) is 0 Å². The fraction of sp³-hybridized carbons (Fsp3) is 0.400. The average molecular weight is 327 g/mol. The summed E-state index contributed by atoms with van der Waals surface area (Å²) in [6, 6.07) is 6.26. The molecule has 1 aromatic carbocycles. The molecule has 108 valence electrons. The molecule has 0 aliphatic rings. The van der Waals surface area contributed by atoms with Crippen molar-refractivity contribution in [3.63, 3.8) is 0 Å². The minimum absolute atomic E-state index is 0.00543. The van der Waals surface area contributed by atoms with Crippen molar-refractivity contribution >= 4 is 37.3 Å². The minimum Gasteiger partial charge on any atom is -0.269 e. The Hall–Kier alpha value is -0.830. The van der Waals surface area contributed by atoms with Gasteiger partial charge in [0.2, 0.25) is 20.0 Å². The molecule has 0 aromatic heterocycles. The third-order valence-electron chi connectivity index (χ3n) is 2.19. The Kier molecular flexibility index (Phi) is 5.19. The molecule has 0 fully saturated rings. The molecule has 1 aromatic rings. The molecule has 9 heteroatoms. The molecule has 0 aliphatic carbocycles. The zero-order chi connectivity index (χ0) is 14.7. The number of rotatable bonds is 6. The summed E-state index contributed by atoms with van der Waals surface area (Å²) in [4.78, 5) is 0. The number of nitrogens with zero attached hydrogens (tertiary/aromatic N) is 1. The number of sulfonamides is 2. The minimum atomic E-state index is -3.49. The summed E-state index contributed by atoms with van der Waals surface area (Å²) in [6.07, 6.45) is 2.07. The summed E-state index contributed by atoms with van der Waals surface area (Å²) in [5.41, 5.74) is 0.433. The van der Waals surface area contributed by atoms with Crippen LogP contribution in [0.1, 0.15) is 0 Å². The zero-order valence-corrected chi connectivity index (χ0v) is 12.9. The quantitative estimate of drug-likeness (QED) is 0.832. The molecule has 0 atom stereocenters. The zero-order valence-electron chi connectivity index (χ0n) is 10.5. The number of nitrogens with one attached hydrogen (secondary N) is 1. The van der Waals surface area contributed by atoms with Gasteiger partial charge in [0.05, 0.1) is 18.2 Å². The predicted molar refractivity (Wildman–Crippen MR) is 76.5 cm³/mol. The molecule has 0 saturated carbocycles. The Morgan fingerprint density at radius 3 is 2.05 bits per heavy atom. The third kappa shape index (κ3) is 5.77. The van der Waals surface area contributed by atoms with Crippen LogP contribution in [0, 0.1) is 0 Å². The van der Waals surface area contributed by atoms with Gasteiger partial charge in [0, 0.05) is 18.1 Å².